The molecule has 0 saturated heterocycles. The Kier molecular flexibility index (Phi) is 5.28. The summed E-state index contributed by atoms with van der Waals surface area (Å²) < 4.78 is 5.18. The normalized spacial score (nSPS) is 11.3. The third-order valence-corrected chi connectivity index (χ3v) is 3.67. The molecule has 0 bridgehead atoms. The second-order valence-corrected chi connectivity index (χ2v) is 4.71. The summed E-state index contributed by atoms with van der Waals surface area (Å²) in [5, 5.41) is 12.9. The van der Waals surface area contributed by atoms with Crippen molar-refractivity contribution in [3.63, 3.8) is 0 Å². The second-order valence-electron chi connectivity index (χ2n) is 4.71. The van der Waals surface area contributed by atoms with Crippen molar-refractivity contribution in [3.8, 4) is 5.75 Å². The van der Waals surface area contributed by atoms with Gasteiger partial charge in [-0.15, -0.1) is 0 Å². The fourth-order valence-corrected chi connectivity index (χ4v) is 1.91. The van der Waals surface area contributed by atoms with Gasteiger partial charge in [0, 0.05) is 35.5 Å². The molecule has 0 amide bonds. The predicted molar refractivity (Wildman–Crippen MR) is 76.0 cm³/mol. The number of nitrogens with two attached hydrogens (primary N) is 1. The number of hydrogen-bond donors (Lipinski definition) is 3. The Morgan fingerprint density at radius 3 is 2.44 bits per heavy atom. The molecule has 0 saturated carbocycles. The Bertz CT molecular complexity index is 368. The molecule has 0 radical (unpaired) electrons. The van der Waals surface area contributed by atoms with Crippen molar-refractivity contribution >= 4 is 11.4 Å². The van der Waals surface area contributed by atoms with Crippen LogP contribution in [0, 0.1) is 5.41 Å². The van der Waals surface area contributed by atoms with Gasteiger partial charge in [0.05, 0.1) is 13.7 Å². The highest BCUT2D eigenvalue weighted by Gasteiger charge is 2.24. The molecule has 0 aliphatic heterocycles. The van der Waals surface area contributed by atoms with E-state index in [4.69, 9.17) is 10.5 Å². The Hall–Kier alpha value is -1.42. The molecule has 0 unspecified atom stereocenters. The summed E-state index contributed by atoms with van der Waals surface area (Å²) in [4.78, 5) is 0. The smallest absolute Gasteiger partial charge is 0.122 e. The van der Waals surface area contributed by atoms with Crippen molar-refractivity contribution in [3.05, 3.63) is 18.2 Å². The summed E-state index contributed by atoms with van der Waals surface area (Å²) in [5.74, 6) is 0.736. The van der Waals surface area contributed by atoms with Crippen LogP contribution in [0.1, 0.15) is 26.7 Å². The van der Waals surface area contributed by atoms with Gasteiger partial charge < -0.3 is 20.9 Å². The minimum absolute atomic E-state index is 0.0716. The number of aliphatic hydroxyl groups excluding tert-OH is 1. The number of ether oxygens (including phenoxy) is 1. The van der Waals surface area contributed by atoms with Gasteiger partial charge in [-0.3, -0.25) is 0 Å². The number of methoxy groups -OCH3 is 1. The van der Waals surface area contributed by atoms with E-state index in [0.717, 1.165) is 30.8 Å². The van der Waals surface area contributed by atoms with Gasteiger partial charge in [-0.1, -0.05) is 13.8 Å². The Balaban J connectivity index is 2.76. The zero-order valence-electron chi connectivity index (χ0n) is 11.5. The van der Waals surface area contributed by atoms with Crippen molar-refractivity contribution in [1.82, 2.24) is 0 Å². The molecule has 0 aliphatic carbocycles. The van der Waals surface area contributed by atoms with E-state index in [0.29, 0.717) is 5.69 Å². The van der Waals surface area contributed by atoms with Crippen LogP contribution in [0.25, 0.3) is 0 Å². The van der Waals surface area contributed by atoms with Gasteiger partial charge in [-0.25, -0.2) is 0 Å². The molecule has 1 rings (SSSR count). The maximum absolute atomic E-state index is 9.52. The quantitative estimate of drug-likeness (QED) is 0.652. The summed E-state index contributed by atoms with van der Waals surface area (Å²) in [6, 6.07) is 5.56. The monoisotopic (exact) mass is 252 g/mol. The fraction of sp³-hybridized carbons (Fsp3) is 0.571. The molecule has 18 heavy (non-hydrogen) atoms. The molecule has 0 aromatic heterocycles. The average molecular weight is 252 g/mol. The van der Waals surface area contributed by atoms with Crippen LogP contribution >= 0.6 is 0 Å². The third kappa shape index (κ3) is 3.53. The first-order valence-corrected chi connectivity index (χ1v) is 6.38. The number of benzene rings is 1. The molecule has 0 aliphatic rings. The van der Waals surface area contributed by atoms with E-state index in [1.165, 1.54) is 0 Å². The molecule has 4 N–H and O–H groups in total. The Labute approximate surface area is 109 Å². The minimum atomic E-state index is -0.0716. The minimum Gasteiger partial charge on any atom is -0.497 e. The summed E-state index contributed by atoms with van der Waals surface area (Å²) in [6.45, 7) is 5.11. The van der Waals surface area contributed by atoms with Crippen LogP contribution in [0.5, 0.6) is 5.75 Å². The van der Waals surface area contributed by atoms with E-state index >= 15 is 0 Å². The Morgan fingerprint density at radius 1 is 1.28 bits per heavy atom. The highest BCUT2D eigenvalue weighted by atomic mass is 16.5. The van der Waals surface area contributed by atoms with Gasteiger partial charge in [0.25, 0.3) is 0 Å². The van der Waals surface area contributed by atoms with Gasteiger partial charge in [0.15, 0.2) is 0 Å². The van der Waals surface area contributed by atoms with E-state index in [1.807, 2.05) is 12.1 Å². The molecule has 1 aromatic carbocycles. The highest BCUT2D eigenvalue weighted by molar-refractivity contribution is 5.59. The van der Waals surface area contributed by atoms with Crippen LogP contribution < -0.4 is 15.8 Å². The van der Waals surface area contributed by atoms with Crippen LogP contribution in [-0.4, -0.2) is 25.4 Å². The first-order chi connectivity index (χ1) is 8.59. The molecular formula is C14H24N2O2. The third-order valence-electron chi connectivity index (χ3n) is 3.67. The topological polar surface area (TPSA) is 67.5 Å². The van der Waals surface area contributed by atoms with Gasteiger partial charge in [0.2, 0.25) is 0 Å². The van der Waals surface area contributed by atoms with Crippen molar-refractivity contribution in [2.75, 3.05) is 31.3 Å². The van der Waals surface area contributed by atoms with Crippen LogP contribution in [0.15, 0.2) is 18.2 Å². The number of hydrogen-bond acceptors (Lipinski definition) is 4. The lowest BCUT2D eigenvalue weighted by Gasteiger charge is -2.30. The highest BCUT2D eigenvalue weighted by Crippen LogP contribution is 2.28. The largest absolute Gasteiger partial charge is 0.497 e. The average Bonchev–Trinajstić information content (AvgIpc) is 2.40. The predicted octanol–water partition coefficient (Wildman–Crippen LogP) is 2.49. The van der Waals surface area contributed by atoms with Crippen LogP contribution in [0.4, 0.5) is 11.4 Å². The number of nitrogen functional groups attached to an aromatic ring is 1. The van der Waals surface area contributed by atoms with Crippen molar-refractivity contribution < 1.29 is 9.84 Å². The summed E-state index contributed by atoms with van der Waals surface area (Å²) in [6.07, 6.45) is 1.87. The van der Waals surface area contributed by atoms with E-state index < -0.39 is 0 Å². The molecule has 0 heterocycles. The van der Waals surface area contributed by atoms with E-state index in [1.54, 1.807) is 13.2 Å². The van der Waals surface area contributed by atoms with Crippen molar-refractivity contribution in [2.45, 2.75) is 26.7 Å². The molecule has 102 valence electrons. The van der Waals surface area contributed by atoms with E-state index in [9.17, 15) is 5.11 Å². The van der Waals surface area contributed by atoms with Gasteiger partial charge in [-0.2, -0.15) is 0 Å². The molecule has 0 spiro atoms. The van der Waals surface area contributed by atoms with E-state index in [-0.39, 0.29) is 12.0 Å². The summed E-state index contributed by atoms with van der Waals surface area (Å²) in [7, 11) is 1.62. The lowest BCUT2D eigenvalue weighted by Crippen LogP contribution is -2.32. The van der Waals surface area contributed by atoms with Crippen LogP contribution in [0.3, 0.4) is 0 Å². The number of nitrogens with one attached hydrogen (secondary N) is 1. The standard InChI is InChI=1S/C14H24N2O2/c1-4-14(5-2,10-17)9-16-12-6-11(15)7-13(8-12)18-3/h6-8,16-17H,4-5,9-10,15H2,1-3H3. The zero-order valence-corrected chi connectivity index (χ0v) is 11.5. The number of anilines is 2. The number of rotatable bonds is 7. The molecule has 0 fully saturated rings. The SMILES string of the molecule is CCC(CC)(CO)CNc1cc(N)cc(OC)c1. The number of aliphatic hydroxyl groups is 1. The fourth-order valence-electron chi connectivity index (χ4n) is 1.91. The maximum atomic E-state index is 9.52. The molecule has 0 atom stereocenters. The first kappa shape index (κ1) is 14.6. The molecular weight excluding hydrogens is 228 g/mol. The first-order valence-electron chi connectivity index (χ1n) is 6.38. The maximum Gasteiger partial charge on any atom is 0.122 e. The zero-order chi connectivity index (χ0) is 13.6. The van der Waals surface area contributed by atoms with Gasteiger partial charge in [0.1, 0.15) is 5.75 Å². The summed E-state index contributed by atoms with van der Waals surface area (Å²) >= 11 is 0. The second kappa shape index (κ2) is 6.50. The van der Waals surface area contributed by atoms with Crippen molar-refractivity contribution in [2.24, 2.45) is 5.41 Å². The molecule has 4 nitrogen and oxygen atoms in total. The Morgan fingerprint density at radius 2 is 1.94 bits per heavy atom. The lowest BCUT2D eigenvalue weighted by molar-refractivity contribution is 0.127. The van der Waals surface area contributed by atoms with E-state index in [2.05, 4.69) is 19.2 Å². The van der Waals surface area contributed by atoms with Crippen molar-refractivity contribution in [1.29, 1.82) is 0 Å². The van der Waals surface area contributed by atoms with Crippen LogP contribution in [-0.2, 0) is 0 Å². The van der Waals surface area contributed by atoms with Gasteiger partial charge in [-0.05, 0) is 18.9 Å². The lowest BCUT2D eigenvalue weighted by atomic mass is 9.83. The molecule has 4 heteroatoms. The van der Waals surface area contributed by atoms with Gasteiger partial charge >= 0.3 is 0 Å². The molecule has 1 aromatic rings. The summed E-state index contributed by atoms with van der Waals surface area (Å²) in [5.41, 5.74) is 7.32. The van der Waals surface area contributed by atoms with Crippen LogP contribution in [0.2, 0.25) is 0 Å².